The normalized spacial score (nSPS) is 12.0. The van der Waals surface area contributed by atoms with Crippen molar-refractivity contribution in [3.05, 3.63) is 0 Å². The van der Waals surface area contributed by atoms with E-state index in [-0.39, 0.29) is 13.2 Å². The van der Waals surface area contributed by atoms with Gasteiger partial charge in [0, 0.05) is 0 Å². The van der Waals surface area contributed by atoms with Gasteiger partial charge < -0.3 is 0 Å². The molecule has 0 spiro atoms. The Balaban J connectivity index is 4.63. The van der Waals surface area contributed by atoms with Gasteiger partial charge in [-0.3, -0.25) is 0 Å². The van der Waals surface area contributed by atoms with Crippen LogP contribution in [0.4, 0.5) is 0 Å². The van der Waals surface area contributed by atoms with Crippen molar-refractivity contribution in [2.24, 2.45) is 0 Å². The van der Waals surface area contributed by atoms with Crippen LogP contribution in [-0.4, -0.2) is 55.8 Å². The maximum absolute atomic E-state index is 9.09. The molecule has 0 rings (SSSR count). The number of aliphatic hydroxyl groups excluding tert-OH is 2. The summed E-state index contributed by atoms with van der Waals surface area (Å²) < 4.78 is 15.5. The molecule has 5 heteroatoms. The molecule has 0 aliphatic rings. The number of hydrogen-bond donors (Lipinski definition) is 2. The van der Waals surface area contributed by atoms with Crippen molar-refractivity contribution in [2.75, 3.05) is 26.4 Å². The molecule has 0 saturated heterocycles. The molecule has 0 saturated carbocycles. The molecule has 0 aromatic heterocycles. The molecule has 0 heterocycles. The van der Waals surface area contributed by atoms with Crippen LogP contribution in [0, 0.1) is 0 Å². The van der Waals surface area contributed by atoms with Crippen LogP contribution in [0.1, 0.15) is 117 Å². The molecule has 0 aliphatic heterocycles. The zero-order chi connectivity index (χ0) is 21.5. The van der Waals surface area contributed by atoms with Gasteiger partial charge in [0.1, 0.15) is 0 Å². The monoisotopic (exact) mass is 524 g/mol. The summed E-state index contributed by atoms with van der Waals surface area (Å²) in [6.45, 7) is 6.53. The molecule has 0 radical (unpaired) electrons. The van der Waals surface area contributed by atoms with Gasteiger partial charge in [-0.1, -0.05) is 0 Å². The molecular formula is C24H52O4Sn. The Bertz CT molecular complexity index is 285. The van der Waals surface area contributed by atoms with E-state index in [4.69, 9.17) is 16.4 Å². The van der Waals surface area contributed by atoms with Crippen molar-refractivity contribution in [2.45, 2.75) is 125 Å². The molecule has 0 bridgehead atoms. The summed E-state index contributed by atoms with van der Waals surface area (Å²) in [5.41, 5.74) is 0. The molecule has 0 aliphatic carbocycles. The first-order valence-corrected chi connectivity index (χ1v) is 19.1. The van der Waals surface area contributed by atoms with Gasteiger partial charge in [-0.25, -0.2) is 0 Å². The Labute approximate surface area is 187 Å². The molecule has 0 amide bonds. The van der Waals surface area contributed by atoms with E-state index in [2.05, 4.69) is 13.8 Å². The Morgan fingerprint density at radius 1 is 0.483 bits per heavy atom. The van der Waals surface area contributed by atoms with Crippen molar-refractivity contribution in [1.29, 1.82) is 0 Å². The van der Waals surface area contributed by atoms with E-state index in [0.29, 0.717) is 0 Å². The SMILES string of the molecule is CCCCCCC[CH2][Sn]([CH2]CCCCCCC)([O]CCCCO)[O]CCCCO. The van der Waals surface area contributed by atoms with Crippen LogP contribution >= 0.6 is 0 Å². The zero-order valence-electron chi connectivity index (χ0n) is 19.8. The van der Waals surface area contributed by atoms with Crippen LogP contribution in [0.25, 0.3) is 0 Å². The van der Waals surface area contributed by atoms with Crippen molar-refractivity contribution in [1.82, 2.24) is 0 Å². The van der Waals surface area contributed by atoms with Gasteiger partial charge in [0.15, 0.2) is 0 Å². The molecule has 29 heavy (non-hydrogen) atoms. The van der Waals surface area contributed by atoms with E-state index >= 15 is 0 Å². The van der Waals surface area contributed by atoms with Crippen molar-refractivity contribution >= 4 is 19.2 Å². The van der Waals surface area contributed by atoms with Gasteiger partial charge in [0.25, 0.3) is 0 Å². The van der Waals surface area contributed by atoms with Gasteiger partial charge in [-0.15, -0.1) is 0 Å². The summed E-state index contributed by atoms with van der Waals surface area (Å²) in [5.74, 6) is 0. The van der Waals surface area contributed by atoms with Crippen LogP contribution < -0.4 is 0 Å². The molecule has 0 atom stereocenters. The predicted molar refractivity (Wildman–Crippen MR) is 127 cm³/mol. The van der Waals surface area contributed by atoms with E-state index in [0.717, 1.165) is 38.9 Å². The van der Waals surface area contributed by atoms with E-state index in [1.165, 1.54) is 85.9 Å². The fourth-order valence-corrected chi connectivity index (χ4v) is 13.8. The van der Waals surface area contributed by atoms with Crippen LogP contribution in [0.15, 0.2) is 0 Å². The molecule has 4 nitrogen and oxygen atoms in total. The standard InChI is InChI=1S/2C8H17.2C4H9O2.Sn/c2*1-3-5-7-8-6-4-2;2*5-3-1-2-4-6;/h2*1,3-8H2,2H3;2*5H,1-4H2;/q;;2*-1;+2. The van der Waals surface area contributed by atoms with Crippen LogP contribution in [0.2, 0.25) is 8.87 Å². The molecule has 0 fully saturated rings. The number of hydrogen-bond acceptors (Lipinski definition) is 4. The average molecular weight is 523 g/mol. The van der Waals surface area contributed by atoms with Gasteiger partial charge >= 0.3 is 187 Å². The van der Waals surface area contributed by atoms with Crippen molar-refractivity contribution in [3.63, 3.8) is 0 Å². The fourth-order valence-electron chi connectivity index (χ4n) is 3.75. The second-order valence-electron chi connectivity index (χ2n) is 8.50. The van der Waals surface area contributed by atoms with E-state index in [1.807, 2.05) is 0 Å². The quantitative estimate of drug-likeness (QED) is 0.109. The summed E-state index contributed by atoms with van der Waals surface area (Å²) in [4.78, 5) is 0. The van der Waals surface area contributed by atoms with Gasteiger partial charge in [-0.05, 0) is 0 Å². The zero-order valence-corrected chi connectivity index (χ0v) is 22.6. The summed E-state index contributed by atoms with van der Waals surface area (Å²) in [6, 6.07) is 0. The van der Waals surface area contributed by atoms with E-state index in [9.17, 15) is 0 Å². The number of rotatable bonds is 24. The third-order valence-electron chi connectivity index (χ3n) is 5.66. The Morgan fingerprint density at radius 3 is 1.24 bits per heavy atom. The Hall–Kier alpha value is 0.639. The minimum absolute atomic E-state index is 0.248. The van der Waals surface area contributed by atoms with Crippen LogP contribution in [-0.2, 0) is 6.15 Å². The molecule has 0 aromatic rings. The Morgan fingerprint density at radius 2 is 0.862 bits per heavy atom. The molecule has 176 valence electrons. The van der Waals surface area contributed by atoms with Crippen molar-refractivity contribution in [3.8, 4) is 0 Å². The minimum atomic E-state index is -3.08. The molecule has 0 aromatic carbocycles. The van der Waals surface area contributed by atoms with Crippen molar-refractivity contribution < 1.29 is 16.4 Å². The summed E-state index contributed by atoms with van der Waals surface area (Å²) in [6.07, 6.45) is 19.3. The van der Waals surface area contributed by atoms with Crippen LogP contribution in [0.5, 0.6) is 0 Å². The second kappa shape index (κ2) is 23.3. The van der Waals surface area contributed by atoms with E-state index in [1.54, 1.807) is 0 Å². The molecular weight excluding hydrogens is 471 g/mol. The Kier molecular flexibility index (Phi) is 23.8. The third kappa shape index (κ3) is 19.1. The van der Waals surface area contributed by atoms with Gasteiger partial charge in [0.2, 0.25) is 0 Å². The summed E-state index contributed by atoms with van der Waals surface area (Å²) >= 11 is -3.08. The van der Waals surface area contributed by atoms with Gasteiger partial charge in [0.05, 0.1) is 0 Å². The van der Waals surface area contributed by atoms with Gasteiger partial charge in [-0.2, -0.15) is 0 Å². The number of aliphatic hydroxyl groups is 2. The summed E-state index contributed by atoms with van der Waals surface area (Å²) in [5, 5.41) is 18.2. The second-order valence-corrected chi connectivity index (χ2v) is 18.2. The maximum atomic E-state index is 9.09. The average Bonchev–Trinajstić information content (AvgIpc) is 2.73. The number of unbranched alkanes of at least 4 members (excludes halogenated alkanes) is 12. The molecule has 2 N–H and O–H groups in total. The predicted octanol–water partition coefficient (Wildman–Crippen LogP) is 6.73. The first-order chi connectivity index (χ1) is 14.2. The third-order valence-corrected chi connectivity index (χ3v) is 16.2. The van der Waals surface area contributed by atoms with Crippen LogP contribution in [0.3, 0.4) is 0 Å². The molecule has 0 unspecified atom stereocenters. The fraction of sp³-hybridized carbons (Fsp3) is 1.00. The first-order valence-electron chi connectivity index (χ1n) is 12.7. The topological polar surface area (TPSA) is 58.9 Å². The first kappa shape index (κ1) is 29.6. The van der Waals surface area contributed by atoms with E-state index < -0.39 is 19.2 Å². The summed E-state index contributed by atoms with van der Waals surface area (Å²) in [7, 11) is 0.